The van der Waals surface area contributed by atoms with E-state index >= 15 is 0 Å². The van der Waals surface area contributed by atoms with E-state index in [1.54, 1.807) is 0 Å². The summed E-state index contributed by atoms with van der Waals surface area (Å²) >= 11 is 0. The Morgan fingerprint density at radius 2 is 1.06 bits per heavy atom. The van der Waals surface area contributed by atoms with E-state index in [4.69, 9.17) is 6.58 Å². The topological polar surface area (TPSA) is 12.0 Å². The van der Waals surface area contributed by atoms with Gasteiger partial charge in [-0.05, 0) is 117 Å². The van der Waals surface area contributed by atoms with Gasteiger partial charge >= 0.3 is 0 Å². The predicted octanol–water partition coefficient (Wildman–Crippen LogP) is 13.7. The van der Waals surface area contributed by atoms with Crippen LogP contribution in [0.3, 0.4) is 0 Å². The van der Waals surface area contributed by atoms with Crippen LogP contribution in [0.15, 0.2) is 206 Å². The number of rotatable bonds is 9. The first-order chi connectivity index (χ1) is 25.6. The van der Waals surface area contributed by atoms with Gasteiger partial charge in [-0.2, -0.15) is 0 Å². The first-order valence-electron chi connectivity index (χ1n) is 18.0. The van der Waals surface area contributed by atoms with Gasteiger partial charge in [0, 0.05) is 11.4 Å². The Morgan fingerprint density at radius 3 is 1.73 bits per heavy atom. The van der Waals surface area contributed by atoms with E-state index in [2.05, 4.69) is 200 Å². The van der Waals surface area contributed by atoms with Crippen LogP contribution >= 0.6 is 0 Å². The van der Waals surface area contributed by atoms with Gasteiger partial charge in [0.2, 0.25) is 0 Å². The minimum atomic E-state index is -0.641. The highest BCUT2D eigenvalue weighted by Gasteiger charge is 2.47. The average Bonchev–Trinajstić information content (AvgIpc) is 3.49. The molecule has 1 N–H and O–H groups in total. The number of anilines is 2. The zero-order valence-electron chi connectivity index (χ0n) is 29.7. The van der Waals surface area contributed by atoms with Crippen molar-refractivity contribution in [3.8, 4) is 44.5 Å². The molecule has 1 aliphatic carbocycles. The molecule has 7 aromatic rings. The molecule has 0 aromatic heterocycles. The molecule has 0 bridgehead atoms. The van der Waals surface area contributed by atoms with E-state index in [0.29, 0.717) is 0 Å². The Morgan fingerprint density at radius 1 is 0.500 bits per heavy atom. The molecule has 52 heavy (non-hydrogen) atoms. The molecule has 7 aromatic carbocycles. The Balaban J connectivity index is 1.30. The molecule has 0 aliphatic heterocycles. The summed E-state index contributed by atoms with van der Waals surface area (Å²) < 4.78 is 0. The van der Waals surface area contributed by atoms with E-state index in [9.17, 15) is 0 Å². The molecule has 1 atom stereocenters. The molecule has 0 heterocycles. The van der Waals surface area contributed by atoms with Crippen molar-refractivity contribution in [3.63, 3.8) is 0 Å². The molecule has 250 valence electrons. The molecule has 1 nitrogen and oxygen atoms in total. The lowest BCUT2D eigenvalue weighted by molar-refractivity contribution is 0.773. The van der Waals surface area contributed by atoms with Crippen molar-refractivity contribution in [3.05, 3.63) is 229 Å². The maximum atomic E-state index is 4.85. The van der Waals surface area contributed by atoms with Crippen molar-refractivity contribution in [2.24, 2.45) is 0 Å². The first-order valence-corrected chi connectivity index (χ1v) is 18.0. The molecule has 0 amide bonds. The SMILES string of the molecule is C=C(/C=C\C=C/C)C1(c2ccccc2Nc2ccccc2)c2ccccc2-c2ccc(-c3cccc(-c4cccc(-c5cccc(C)c5)c4)c3)cc21. The van der Waals surface area contributed by atoms with Crippen LogP contribution < -0.4 is 5.32 Å². The lowest BCUT2D eigenvalue weighted by Gasteiger charge is -2.36. The van der Waals surface area contributed by atoms with Crippen LogP contribution in [-0.2, 0) is 5.41 Å². The highest BCUT2D eigenvalue weighted by atomic mass is 14.9. The third-order valence-electron chi connectivity index (χ3n) is 10.3. The fraction of sp³-hybridized carbons (Fsp3) is 0.0588. The number of benzene rings is 7. The number of aryl methyl sites for hydroxylation is 1. The van der Waals surface area contributed by atoms with Gasteiger partial charge in [0.1, 0.15) is 0 Å². The van der Waals surface area contributed by atoms with Crippen molar-refractivity contribution < 1.29 is 0 Å². The molecule has 1 heteroatoms. The second-order valence-corrected chi connectivity index (χ2v) is 13.5. The monoisotopic (exact) mass is 667 g/mol. The molecular formula is C51H41N. The normalized spacial score (nSPS) is 14.7. The molecular weight excluding hydrogens is 627 g/mol. The number of fused-ring (bicyclic) bond motifs is 3. The summed E-state index contributed by atoms with van der Waals surface area (Å²) in [4.78, 5) is 0. The Bertz CT molecular complexity index is 2480. The summed E-state index contributed by atoms with van der Waals surface area (Å²) in [5.41, 5.74) is 17.0. The number of allylic oxidation sites excluding steroid dienone is 5. The maximum absolute atomic E-state index is 4.85. The summed E-state index contributed by atoms with van der Waals surface area (Å²) in [6.45, 7) is 9.04. The zero-order chi connectivity index (χ0) is 35.5. The van der Waals surface area contributed by atoms with E-state index in [1.807, 2.05) is 13.0 Å². The number of hydrogen-bond donors (Lipinski definition) is 1. The van der Waals surface area contributed by atoms with Gasteiger partial charge in [-0.25, -0.2) is 0 Å². The van der Waals surface area contributed by atoms with Crippen LogP contribution in [0.25, 0.3) is 44.5 Å². The number of hydrogen-bond acceptors (Lipinski definition) is 1. The third-order valence-corrected chi connectivity index (χ3v) is 10.3. The van der Waals surface area contributed by atoms with Gasteiger partial charge in [0.05, 0.1) is 5.41 Å². The average molecular weight is 668 g/mol. The summed E-state index contributed by atoms with van der Waals surface area (Å²) in [6.07, 6.45) is 8.42. The quantitative estimate of drug-likeness (QED) is 0.151. The van der Waals surface area contributed by atoms with Gasteiger partial charge in [-0.15, -0.1) is 0 Å². The minimum absolute atomic E-state index is 0.641. The highest BCUT2D eigenvalue weighted by Crippen LogP contribution is 2.58. The lowest BCUT2D eigenvalue weighted by Crippen LogP contribution is -2.29. The van der Waals surface area contributed by atoms with E-state index in [0.717, 1.165) is 16.9 Å². The van der Waals surface area contributed by atoms with Crippen molar-refractivity contribution in [1.82, 2.24) is 0 Å². The second kappa shape index (κ2) is 14.1. The van der Waals surface area contributed by atoms with Crippen molar-refractivity contribution >= 4 is 11.4 Å². The van der Waals surface area contributed by atoms with Crippen molar-refractivity contribution in [1.29, 1.82) is 0 Å². The highest BCUT2D eigenvalue weighted by molar-refractivity contribution is 5.91. The number of para-hydroxylation sites is 2. The molecule has 0 spiro atoms. The second-order valence-electron chi connectivity index (χ2n) is 13.5. The van der Waals surface area contributed by atoms with Crippen LogP contribution in [0, 0.1) is 6.92 Å². The van der Waals surface area contributed by atoms with Gasteiger partial charge < -0.3 is 5.32 Å². The summed E-state index contributed by atoms with van der Waals surface area (Å²) in [5, 5.41) is 3.77. The summed E-state index contributed by atoms with van der Waals surface area (Å²) in [5.74, 6) is 0. The molecule has 0 saturated heterocycles. The van der Waals surface area contributed by atoms with Gasteiger partial charge in [0.25, 0.3) is 0 Å². The van der Waals surface area contributed by atoms with Gasteiger partial charge in [-0.3, -0.25) is 0 Å². The first kappa shape index (κ1) is 32.7. The zero-order valence-corrected chi connectivity index (χ0v) is 29.7. The van der Waals surface area contributed by atoms with Crippen LogP contribution in [-0.4, -0.2) is 0 Å². The van der Waals surface area contributed by atoms with E-state index < -0.39 is 5.41 Å². The molecule has 0 fully saturated rings. The Hall–Kier alpha value is -6.44. The van der Waals surface area contributed by atoms with Crippen LogP contribution in [0.1, 0.15) is 29.2 Å². The Kier molecular flexibility index (Phi) is 8.85. The van der Waals surface area contributed by atoms with Crippen molar-refractivity contribution in [2.75, 3.05) is 5.32 Å². The molecule has 0 radical (unpaired) electrons. The largest absolute Gasteiger partial charge is 0.355 e. The molecule has 0 saturated carbocycles. The molecule has 8 rings (SSSR count). The summed E-state index contributed by atoms with van der Waals surface area (Å²) in [7, 11) is 0. The number of nitrogens with one attached hydrogen (secondary N) is 1. The van der Waals surface area contributed by atoms with E-state index in [1.165, 1.54) is 66.8 Å². The maximum Gasteiger partial charge on any atom is 0.0728 e. The van der Waals surface area contributed by atoms with Crippen LogP contribution in [0.5, 0.6) is 0 Å². The molecule has 1 aliphatic rings. The van der Waals surface area contributed by atoms with Crippen LogP contribution in [0.2, 0.25) is 0 Å². The summed E-state index contributed by atoms with van der Waals surface area (Å²) in [6, 6.07) is 61.5. The van der Waals surface area contributed by atoms with Gasteiger partial charge in [0.15, 0.2) is 0 Å². The van der Waals surface area contributed by atoms with Gasteiger partial charge in [-0.1, -0.05) is 170 Å². The minimum Gasteiger partial charge on any atom is -0.355 e. The van der Waals surface area contributed by atoms with Crippen molar-refractivity contribution in [2.45, 2.75) is 19.3 Å². The smallest absolute Gasteiger partial charge is 0.0728 e. The fourth-order valence-corrected chi connectivity index (χ4v) is 7.85. The van der Waals surface area contributed by atoms with Crippen LogP contribution in [0.4, 0.5) is 11.4 Å². The predicted molar refractivity (Wildman–Crippen MR) is 222 cm³/mol. The Labute approximate surface area is 308 Å². The standard InChI is InChI=1S/C51H41N/c1-4-5-7-18-37(3)51(48-28-12-13-29-50(48)52-44-24-8-6-9-25-44)47-27-11-10-26-45(47)46-31-30-43(35-49(46)51)42-23-16-22-41(34-42)40-21-15-20-39(33-40)38-19-14-17-36(2)32-38/h4-35,52H,3H2,1-2H3/b5-4-,18-7-. The van der Waals surface area contributed by atoms with E-state index in [-0.39, 0.29) is 0 Å². The lowest BCUT2D eigenvalue weighted by atomic mass is 9.66. The molecule has 1 unspecified atom stereocenters. The third kappa shape index (κ3) is 5.91. The fourth-order valence-electron chi connectivity index (χ4n) is 7.85.